The Morgan fingerprint density at radius 1 is 1.33 bits per heavy atom. The minimum absolute atomic E-state index is 0.324. The zero-order chi connectivity index (χ0) is 13.1. The Hall–Kier alpha value is -0.830. The molecule has 1 heterocycles. The third-order valence-corrected chi connectivity index (χ3v) is 4.41. The lowest BCUT2D eigenvalue weighted by Gasteiger charge is -2.30. The van der Waals surface area contributed by atoms with Gasteiger partial charge < -0.3 is 5.11 Å². The molecule has 0 aromatic carbocycles. The minimum Gasteiger partial charge on any atom is -0.388 e. The minimum atomic E-state index is -0.324. The van der Waals surface area contributed by atoms with Gasteiger partial charge >= 0.3 is 0 Å². The summed E-state index contributed by atoms with van der Waals surface area (Å²) in [6.45, 7) is 6.49. The van der Waals surface area contributed by atoms with Crippen molar-refractivity contribution in [2.45, 2.75) is 65.0 Å². The van der Waals surface area contributed by atoms with Crippen molar-refractivity contribution in [1.29, 1.82) is 0 Å². The highest BCUT2D eigenvalue weighted by Crippen LogP contribution is 2.37. The molecule has 0 aliphatic heterocycles. The molecule has 0 saturated heterocycles. The first-order valence-electron chi connectivity index (χ1n) is 7.34. The maximum absolute atomic E-state index is 10.4. The van der Waals surface area contributed by atoms with Crippen LogP contribution >= 0.6 is 0 Å². The third kappa shape index (κ3) is 2.94. The zero-order valence-electron chi connectivity index (χ0n) is 11.8. The summed E-state index contributed by atoms with van der Waals surface area (Å²) < 4.78 is 1.93. The second-order valence-corrected chi connectivity index (χ2v) is 5.98. The molecular formula is C15H26N2O. The summed E-state index contributed by atoms with van der Waals surface area (Å²) in [6, 6.07) is 0.363. The maximum Gasteiger partial charge on any atom is 0.0848 e. The Morgan fingerprint density at radius 2 is 2.00 bits per heavy atom. The van der Waals surface area contributed by atoms with E-state index in [0.717, 1.165) is 24.3 Å². The number of nitrogens with zero attached hydrogens (tertiary/aromatic N) is 2. The standard InChI is InChI=1S/C15H26N2O/c1-4-12-5-7-13(8-6-12)15(18)14-9-16-17(10-14)11(2)3/h9-13,15,18H,4-8H2,1-3H3. The van der Waals surface area contributed by atoms with Crippen LogP contribution in [0.2, 0.25) is 0 Å². The molecule has 0 radical (unpaired) electrons. The Morgan fingerprint density at radius 3 is 2.50 bits per heavy atom. The van der Waals surface area contributed by atoms with Gasteiger partial charge in [0, 0.05) is 17.8 Å². The molecule has 1 aromatic rings. The van der Waals surface area contributed by atoms with Gasteiger partial charge in [-0.15, -0.1) is 0 Å². The molecule has 0 bridgehead atoms. The highest BCUT2D eigenvalue weighted by atomic mass is 16.3. The molecule has 1 aliphatic carbocycles. The van der Waals surface area contributed by atoms with Crippen molar-refractivity contribution < 1.29 is 5.11 Å². The summed E-state index contributed by atoms with van der Waals surface area (Å²) in [6.07, 6.45) is 9.66. The van der Waals surface area contributed by atoms with Gasteiger partial charge in [0.15, 0.2) is 0 Å². The number of aliphatic hydroxyl groups is 1. The predicted molar refractivity (Wildman–Crippen MR) is 73.3 cm³/mol. The second kappa shape index (κ2) is 5.87. The number of aliphatic hydroxyl groups excluding tert-OH is 1. The average Bonchev–Trinajstić information content (AvgIpc) is 2.88. The first-order chi connectivity index (χ1) is 8.61. The summed E-state index contributed by atoms with van der Waals surface area (Å²) in [5.74, 6) is 1.31. The molecule has 0 spiro atoms. The van der Waals surface area contributed by atoms with Crippen molar-refractivity contribution in [3.8, 4) is 0 Å². The molecular weight excluding hydrogens is 224 g/mol. The summed E-state index contributed by atoms with van der Waals surface area (Å²) in [4.78, 5) is 0. The van der Waals surface area contributed by atoms with Crippen molar-refractivity contribution in [3.05, 3.63) is 18.0 Å². The van der Waals surface area contributed by atoms with Gasteiger partial charge in [-0.05, 0) is 38.5 Å². The van der Waals surface area contributed by atoms with E-state index in [2.05, 4.69) is 25.9 Å². The highest BCUT2D eigenvalue weighted by Gasteiger charge is 2.27. The van der Waals surface area contributed by atoms with Gasteiger partial charge in [-0.1, -0.05) is 26.2 Å². The fraction of sp³-hybridized carbons (Fsp3) is 0.800. The summed E-state index contributed by atoms with van der Waals surface area (Å²) in [5.41, 5.74) is 0.989. The molecule has 1 aromatic heterocycles. The normalized spacial score (nSPS) is 26.5. The largest absolute Gasteiger partial charge is 0.388 e. The van der Waals surface area contributed by atoms with Crippen molar-refractivity contribution >= 4 is 0 Å². The fourth-order valence-corrected chi connectivity index (χ4v) is 2.97. The molecule has 1 saturated carbocycles. The van der Waals surface area contributed by atoms with Gasteiger partial charge in [0.1, 0.15) is 0 Å². The van der Waals surface area contributed by atoms with Crippen LogP contribution in [-0.4, -0.2) is 14.9 Å². The smallest absolute Gasteiger partial charge is 0.0848 e. The molecule has 1 N–H and O–H groups in total. The summed E-state index contributed by atoms with van der Waals surface area (Å²) in [7, 11) is 0. The average molecular weight is 250 g/mol. The van der Waals surface area contributed by atoms with E-state index in [0.29, 0.717) is 12.0 Å². The van der Waals surface area contributed by atoms with Crippen molar-refractivity contribution in [2.75, 3.05) is 0 Å². The van der Waals surface area contributed by atoms with Gasteiger partial charge in [-0.25, -0.2) is 0 Å². The van der Waals surface area contributed by atoms with Crippen LogP contribution in [0.15, 0.2) is 12.4 Å². The van der Waals surface area contributed by atoms with Gasteiger partial charge in [-0.2, -0.15) is 5.10 Å². The summed E-state index contributed by atoms with van der Waals surface area (Å²) >= 11 is 0. The first kappa shape index (κ1) is 13.6. The van der Waals surface area contributed by atoms with E-state index in [-0.39, 0.29) is 6.10 Å². The number of hydrogen-bond donors (Lipinski definition) is 1. The van der Waals surface area contributed by atoms with Gasteiger partial charge in [-0.3, -0.25) is 4.68 Å². The van der Waals surface area contributed by atoms with Gasteiger partial charge in [0.2, 0.25) is 0 Å². The number of hydrogen-bond acceptors (Lipinski definition) is 2. The van der Waals surface area contributed by atoms with Gasteiger partial charge in [0.05, 0.1) is 12.3 Å². The monoisotopic (exact) mass is 250 g/mol. The van der Waals surface area contributed by atoms with E-state index >= 15 is 0 Å². The molecule has 3 nitrogen and oxygen atoms in total. The summed E-state index contributed by atoms with van der Waals surface area (Å²) in [5, 5.41) is 14.8. The van der Waals surface area contributed by atoms with E-state index in [1.54, 1.807) is 0 Å². The van der Waals surface area contributed by atoms with Gasteiger partial charge in [0.25, 0.3) is 0 Å². The van der Waals surface area contributed by atoms with E-state index in [9.17, 15) is 5.11 Å². The first-order valence-corrected chi connectivity index (χ1v) is 7.34. The highest BCUT2D eigenvalue weighted by molar-refractivity contribution is 5.10. The van der Waals surface area contributed by atoms with Crippen molar-refractivity contribution in [1.82, 2.24) is 9.78 Å². The SMILES string of the molecule is CCC1CCC(C(O)c2cnn(C(C)C)c2)CC1. The lowest BCUT2D eigenvalue weighted by atomic mass is 9.77. The van der Waals surface area contributed by atoms with Crippen molar-refractivity contribution in [3.63, 3.8) is 0 Å². The van der Waals surface area contributed by atoms with Crippen LogP contribution < -0.4 is 0 Å². The fourth-order valence-electron chi connectivity index (χ4n) is 2.97. The molecule has 1 atom stereocenters. The molecule has 1 unspecified atom stereocenters. The predicted octanol–water partition coefficient (Wildman–Crippen LogP) is 3.71. The molecule has 0 amide bonds. The van der Waals surface area contributed by atoms with E-state index in [1.165, 1.54) is 19.3 Å². The van der Waals surface area contributed by atoms with Crippen LogP contribution in [-0.2, 0) is 0 Å². The van der Waals surface area contributed by atoms with Crippen LogP contribution in [0, 0.1) is 11.8 Å². The van der Waals surface area contributed by atoms with Crippen LogP contribution in [0.3, 0.4) is 0 Å². The lowest BCUT2D eigenvalue weighted by molar-refractivity contribution is 0.0728. The van der Waals surface area contributed by atoms with E-state index in [1.807, 2.05) is 17.1 Å². The van der Waals surface area contributed by atoms with E-state index < -0.39 is 0 Å². The Bertz CT molecular complexity index is 364. The number of rotatable bonds is 4. The van der Waals surface area contributed by atoms with Crippen molar-refractivity contribution in [2.24, 2.45) is 11.8 Å². The Balaban J connectivity index is 1.96. The topological polar surface area (TPSA) is 38.1 Å². The molecule has 1 fully saturated rings. The Labute approximate surface area is 110 Å². The molecule has 3 heteroatoms. The molecule has 102 valence electrons. The molecule has 2 rings (SSSR count). The molecule has 1 aliphatic rings. The van der Waals surface area contributed by atoms with E-state index in [4.69, 9.17) is 0 Å². The second-order valence-electron chi connectivity index (χ2n) is 5.98. The maximum atomic E-state index is 10.4. The lowest BCUT2D eigenvalue weighted by Crippen LogP contribution is -2.20. The van der Waals surface area contributed by atoms with Crippen LogP contribution in [0.4, 0.5) is 0 Å². The molecule has 18 heavy (non-hydrogen) atoms. The third-order valence-electron chi connectivity index (χ3n) is 4.41. The van der Waals surface area contributed by atoms with Crippen LogP contribution in [0.1, 0.15) is 70.6 Å². The quantitative estimate of drug-likeness (QED) is 0.884. The number of aromatic nitrogens is 2. The zero-order valence-corrected chi connectivity index (χ0v) is 11.8. The van der Waals surface area contributed by atoms with Crippen LogP contribution in [0.5, 0.6) is 0 Å². The van der Waals surface area contributed by atoms with Crippen LogP contribution in [0.25, 0.3) is 0 Å². The Kier molecular flexibility index (Phi) is 4.44.